The van der Waals surface area contributed by atoms with Gasteiger partial charge in [0.15, 0.2) is 12.1 Å². The van der Waals surface area contributed by atoms with Gasteiger partial charge in [0.2, 0.25) is 23.6 Å². The second-order valence-corrected chi connectivity index (χ2v) is 12.8. The largest absolute Gasteiger partial charge is 0.480 e. The Morgan fingerprint density at radius 2 is 1.25 bits per heavy atom. The third-order valence-electron chi connectivity index (χ3n) is 8.13. The van der Waals surface area contributed by atoms with Gasteiger partial charge in [0.05, 0.1) is 18.6 Å². The molecule has 256 valence electrons. The summed E-state index contributed by atoms with van der Waals surface area (Å²) >= 11 is 0. The highest BCUT2D eigenvalue weighted by atomic mass is 16.4. The number of likely N-dealkylation sites (N-methyl/N-ethyl adjacent to an activating group) is 1. The molecule has 0 aromatic carbocycles. The molecule has 6 atom stereocenters. The molecule has 0 radical (unpaired) electrons. The summed E-state index contributed by atoms with van der Waals surface area (Å²) in [7, 11) is 1.35. The van der Waals surface area contributed by atoms with E-state index in [0.717, 1.165) is 30.1 Å². The Morgan fingerprint density at radius 1 is 0.750 bits per heavy atom. The van der Waals surface area contributed by atoms with Crippen LogP contribution in [0.1, 0.15) is 118 Å². The monoisotopic (exact) mass is 628 g/mol. The summed E-state index contributed by atoms with van der Waals surface area (Å²) in [5, 5.41) is 34.2. The maximum absolute atomic E-state index is 12.7. The SMILES string of the molecule is CC(C)CCCCCCCCCCC[C@@H](C)[C@H](O)[C@H](C)C(=O)NC(C)CCC(=O)N(C)CC(=O)N[C@@H](C(=O)O)[C@@H](O)C(N)=O. The number of aliphatic carboxylic acids is 1. The predicted molar refractivity (Wildman–Crippen MR) is 169 cm³/mol. The number of hydrogen-bond acceptors (Lipinski definition) is 7. The highest BCUT2D eigenvalue weighted by Gasteiger charge is 2.32. The fourth-order valence-electron chi connectivity index (χ4n) is 5.01. The molecule has 1 unspecified atom stereocenters. The zero-order valence-electron chi connectivity index (χ0n) is 27.8. The van der Waals surface area contributed by atoms with Crippen molar-refractivity contribution >= 4 is 29.6 Å². The van der Waals surface area contributed by atoms with Crippen molar-refractivity contribution in [3.63, 3.8) is 0 Å². The highest BCUT2D eigenvalue weighted by Crippen LogP contribution is 2.21. The Bertz CT molecular complexity index is 884. The van der Waals surface area contributed by atoms with Gasteiger partial charge in [-0.05, 0) is 31.6 Å². The van der Waals surface area contributed by atoms with Gasteiger partial charge in [0.25, 0.3) is 0 Å². The molecule has 0 aliphatic rings. The van der Waals surface area contributed by atoms with Crippen LogP contribution in [0.5, 0.6) is 0 Å². The molecule has 0 aromatic rings. The van der Waals surface area contributed by atoms with Gasteiger partial charge in [0.1, 0.15) is 0 Å². The molecule has 0 heterocycles. The smallest absolute Gasteiger partial charge is 0.329 e. The molecule has 4 amide bonds. The Labute approximate surface area is 263 Å². The lowest BCUT2D eigenvalue weighted by atomic mass is 9.88. The van der Waals surface area contributed by atoms with Crippen molar-refractivity contribution in [1.82, 2.24) is 15.5 Å². The molecule has 44 heavy (non-hydrogen) atoms. The van der Waals surface area contributed by atoms with Crippen molar-refractivity contribution in [2.24, 2.45) is 23.5 Å². The quantitative estimate of drug-likeness (QED) is 0.0829. The maximum Gasteiger partial charge on any atom is 0.329 e. The Hall–Kier alpha value is -2.73. The molecular weight excluding hydrogens is 568 g/mol. The van der Waals surface area contributed by atoms with E-state index in [1.807, 2.05) is 12.2 Å². The van der Waals surface area contributed by atoms with E-state index >= 15 is 0 Å². The number of aliphatic hydroxyl groups excluding tert-OH is 2. The molecule has 0 saturated heterocycles. The van der Waals surface area contributed by atoms with E-state index in [4.69, 9.17) is 10.8 Å². The molecule has 0 aromatic heterocycles. The van der Waals surface area contributed by atoms with Crippen LogP contribution in [0.4, 0.5) is 0 Å². The van der Waals surface area contributed by atoms with E-state index in [0.29, 0.717) is 0 Å². The van der Waals surface area contributed by atoms with Crippen LogP contribution in [-0.2, 0) is 24.0 Å². The van der Waals surface area contributed by atoms with Crippen LogP contribution in [0.2, 0.25) is 0 Å². The molecule has 0 aliphatic carbocycles. The lowest BCUT2D eigenvalue weighted by Crippen LogP contribution is -2.55. The lowest BCUT2D eigenvalue weighted by molar-refractivity contribution is -0.149. The Balaban J connectivity index is 4.32. The zero-order valence-corrected chi connectivity index (χ0v) is 27.8. The minimum Gasteiger partial charge on any atom is -0.480 e. The summed E-state index contributed by atoms with van der Waals surface area (Å²) in [6.45, 7) is 9.45. The number of nitrogens with two attached hydrogens (primary N) is 1. The van der Waals surface area contributed by atoms with Crippen LogP contribution in [0, 0.1) is 17.8 Å². The molecule has 12 heteroatoms. The number of nitrogens with one attached hydrogen (secondary N) is 2. The summed E-state index contributed by atoms with van der Waals surface area (Å²) < 4.78 is 0. The number of carboxylic acid groups (broad SMARTS) is 1. The first-order valence-corrected chi connectivity index (χ1v) is 16.3. The van der Waals surface area contributed by atoms with E-state index in [1.54, 1.807) is 13.8 Å². The van der Waals surface area contributed by atoms with Crippen molar-refractivity contribution in [1.29, 1.82) is 0 Å². The number of hydrogen-bond donors (Lipinski definition) is 6. The summed E-state index contributed by atoms with van der Waals surface area (Å²) in [5.41, 5.74) is 4.90. The first-order valence-electron chi connectivity index (χ1n) is 16.3. The van der Waals surface area contributed by atoms with Gasteiger partial charge in [0, 0.05) is 19.5 Å². The van der Waals surface area contributed by atoms with Crippen molar-refractivity contribution < 1.29 is 39.3 Å². The summed E-state index contributed by atoms with van der Waals surface area (Å²) in [4.78, 5) is 60.7. The molecular formula is C32H60N4O8. The number of rotatable bonds is 25. The Morgan fingerprint density at radius 3 is 1.73 bits per heavy atom. The van der Waals surface area contributed by atoms with Crippen LogP contribution in [0.15, 0.2) is 0 Å². The Kier molecular flexibility index (Phi) is 21.3. The number of unbranched alkanes of at least 4 members (excludes halogenated alkanes) is 8. The first-order chi connectivity index (χ1) is 20.6. The van der Waals surface area contributed by atoms with Gasteiger partial charge >= 0.3 is 5.97 Å². The number of carbonyl (C=O) groups excluding carboxylic acids is 4. The second-order valence-electron chi connectivity index (χ2n) is 12.8. The van der Waals surface area contributed by atoms with E-state index in [-0.39, 0.29) is 30.7 Å². The molecule has 7 N–H and O–H groups in total. The summed E-state index contributed by atoms with van der Waals surface area (Å²) in [6.07, 6.45) is 10.7. The topological polar surface area (TPSA) is 199 Å². The van der Waals surface area contributed by atoms with Crippen LogP contribution in [0.3, 0.4) is 0 Å². The molecule has 0 rings (SSSR count). The van der Waals surface area contributed by atoms with Crippen LogP contribution < -0.4 is 16.4 Å². The fourth-order valence-corrected chi connectivity index (χ4v) is 5.01. The van der Waals surface area contributed by atoms with Gasteiger partial charge in [-0.15, -0.1) is 0 Å². The van der Waals surface area contributed by atoms with E-state index in [2.05, 4.69) is 19.2 Å². The minimum atomic E-state index is -2.13. The first kappa shape index (κ1) is 41.3. The summed E-state index contributed by atoms with van der Waals surface area (Å²) in [6, 6.07) is -2.31. The predicted octanol–water partition coefficient (Wildman–Crippen LogP) is 2.73. The molecule has 0 saturated carbocycles. The third kappa shape index (κ3) is 18.2. The van der Waals surface area contributed by atoms with E-state index in [1.165, 1.54) is 58.4 Å². The van der Waals surface area contributed by atoms with Crippen LogP contribution in [0.25, 0.3) is 0 Å². The third-order valence-corrected chi connectivity index (χ3v) is 8.13. The number of aliphatic hydroxyl groups is 2. The van der Waals surface area contributed by atoms with Crippen molar-refractivity contribution in [2.45, 2.75) is 142 Å². The van der Waals surface area contributed by atoms with Gasteiger partial charge < -0.3 is 36.6 Å². The number of nitrogens with zero attached hydrogens (tertiary/aromatic N) is 1. The molecule has 12 nitrogen and oxygen atoms in total. The second kappa shape index (κ2) is 22.7. The number of primary amides is 1. The average molecular weight is 629 g/mol. The van der Waals surface area contributed by atoms with E-state index in [9.17, 15) is 34.2 Å². The number of carboxylic acids is 1. The minimum absolute atomic E-state index is 0.00294. The average Bonchev–Trinajstić information content (AvgIpc) is 2.95. The maximum atomic E-state index is 12.7. The number of amides is 4. The zero-order chi connectivity index (χ0) is 33.8. The summed E-state index contributed by atoms with van der Waals surface area (Å²) in [5.74, 6) is -4.40. The molecule has 0 fully saturated rings. The van der Waals surface area contributed by atoms with E-state index < -0.39 is 54.4 Å². The molecule has 0 aliphatic heterocycles. The fraction of sp³-hybridized carbons (Fsp3) is 0.844. The lowest BCUT2D eigenvalue weighted by Gasteiger charge is -2.26. The highest BCUT2D eigenvalue weighted by molar-refractivity contribution is 5.92. The number of carbonyl (C=O) groups is 5. The standard InChI is InChI=1S/C32H60N4O8/c1-21(2)16-14-12-10-8-7-9-11-13-15-17-22(3)28(39)24(5)31(42)34-23(4)18-19-26(38)36(6)20-25(37)35-27(32(43)44)29(40)30(33)41/h21-24,27-29,39-40H,7-20H2,1-6H3,(H2,33,41)(H,34,42)(H,35,37)(H,43,44)/t22-,23?,24+,27-,28+,29-/m1/s1. The normalized spacial score (nSPS) is 15.5. The van der Waals surface area contributed by atoms with Gasteiger partial charge in [-0.2, -0.15) is 0 Å². The van der Waals surface area contributed by atoms with Crippen molar-refractivity contribution in [3.8, 4) is 0 Å². The van der Waals surface area contributed by atoms with Gasteiger partial charge in [-0.1, -0.05) is 91.9 Å². The van der Waals surface area contributed by atoms with Crippen LogP contribution in [-0.4, -0.2) is 87.7 Å². The van der Waals surface area contributed by atoms with Crippen LogP contribution >= 0.6 is 0 Å². The molecule has 0 bridgehead atoms. The van der Waals surface area contributed by atoms with Crippen molar-refractivity contribution in [2.75, 3.05) is 13.6 Å². The van der Waals surface area contributed by atoms with Gasteiger partial charge in [-0.3, -0.25) is 19.2 Å². The van der Waals surface area contributed by atoms with Gasteiger partial charge in [-0.25, -0.2) is 4.79 Å². The molecule has 0 spiro atoms. The van der Waals surface area contributed by atoms with Crippen molar-refractivity contribution in [3.05, 3.63) is 0 Å².